The first kappa shape index (κ1) is 17.5. The summed E-state index contributed by atoms with van der Waals surface area (Å²) in [6.45, 7) is 1.48. The Morgan fingerprint density at radius 1 is 1.33 bits per heavy atom. The molecule has 7 heteroatoms. The zero-order valence-corrected chi connectivity index (χ0v) is 14.0. The Morgan fingerprint density at radius 3 is 2.83 bits per heavy atom. The summed E-state index contributed by atoms with van der Waals surface area (Å²) in [5, 5.41) is 12.0. The van der Waals surface area contributed by atoms with Gasteiger partial charge in [-0.05, 0) is 43.5 Å². The molecule has 122 valence electrons. The van der Waals surface area contributed by atoms with Crippen LogP contribution in [0, 0.1) is 11.3 Å². The molecule has 0 unspecified atom stereocenters. The van der Waals surface area contributed by atoms with E-state index >= 15 is 0 Å². The fraction of sp³-hybridized carbons (Fsp3) is 0.176. The minimum atomic E-state index is -0.988. The summed E-state index contributed by atoms with van der Waals surface area (Å²) in [7, 11) is 0. The Bertz CT molecular complexity index is 802. The number of benzene rings is 1. The second-order valence-corrected chi connectivity index (χ2v) is 5.58. The highest BCUT2D eigenvalue weighted by molar-refractivity contribution is 7.98. The van der Waals surface area contributed by atoms with Gasteiger partial charge in [0, 0.05) is 11.9 Å². The van der Waals surface area contributed by atoms with Gasteiger partial charge in [-0.1, -0.05) is 6.07 Å². The quantitative estimate of drug-likeness (QED) is 0.664. The normalized spacial score (nSPS) is 11.2. The maximum absolute atomic E-state index is 12.2. The van der Waals surface area contributed by atoms with Crippen LogP contribution < -0.4 is 5.32 Å². The predicted octanol–water partition coefficient (Wildman–Crippen LogP) is 2.86. The second kappa shape index (κ2) is 8.13. The number of pyridine rings is 1. The van der Waals surface area contributed by atoms with E-state index in [1.54, 1.807) is 48.9 Å². The number of nitrogens with zero attached hydrogens (tertiary/aromatic N) is 2. The van der Waals surface area contributed by atoms with Gasteiger partial charge < -0.3 is 10.1 Å². The largest absolute Gasteiger partial charge is 0.449 e. The van der Waals surface area contributed by atoms with Crippen molar-refractivity contribution in [3.8, 4) is 6.07 Å². The third-order valence-corrected chi connectivity index (χ3v) is 3.81. The SMILES string of the molecule is CSc1ncccc1C(=O)O[C@@H](C)C(=O)Nc1cccc(C#N)c1. The molecule has 1 atom stereocenters. The van der Waals surface area contributed by atoms with Crippen LogP contribution in [0.3, 0.4) is 0 Å². The average Bonchev–Trinajstić information content (AvgIpc) is 2.61. The molecule has 6 nitrogen and oxygen atoms in total. The van der Waals surface area contributed by atoms with Gasteiger partial charge in [-0.3, -0.25) is 4.79 Å². The van der Waals surface area contributed by atoms with Crippen LogP contribution in [0.2, 0.25) is 0 Å². The number of rotatable bonds is 5. The molecular weight excluding hydrogens is 326 g/mol. The summed E-state index contributed by atoms with van der Waals surface area (Å²) < 4.78 is 5.20. The van der Waals surface area contributed by atoms with E-state index in [9.17, 15) is 9.59 Å². The van der Waals surface area contributed by atoms with E-state index in [1.807, 2.05) is 6.07 Å². The van der Waals surface area contributed by atoms with Gasteiger partial charge in [0.2, 0.25) is 0 Å². The summed E-state index contributed by atoms with van der Waals surface area (Å²) >= 11 is 1.32. The maximum Gasteiger partial charge on any atom is 0.341 e. The van der Waals surface area contributed by atoms with Gasteiger partial charge >= 0.3 is 5.97 Å². The van der Waals surface area contributed by atoms with Gasteiger partial charge in [0.1, 0.15) is 5.03 Å². The highest BCUT2D eigenvalue weighted by Gasteiger charge is 2.21. The van der Waals surface area contributed by atoms with E-state index in [0.29, 0.717) is 21.8 Å². The summed E-state index contributed by atoms with van der Waals surface area (Å²) in [4.78, 5) is 28.4. The Kier molecular flexibility index (Phi) is 5.93. The van der Waals surface area contributed by atoms with Crippen LogP contribution >= 0.6 is 11.8 Å². The third-order valence-electron chi connectivity index (χ3n) is 3.10. The summed E-state index contributed by atoms with van der Waals surface area (Å²) in [5.74, 6) is -1.09. The molecule has 0 fully saturated rings. The van der Waals surface area contributed by atoms with Crippen LogP contribution in [0.15, 0.2) is 47.6 Å². The van der Waals surface area contributed by atoms with Crippen molar-refractivity contribution in [2.24, 2.45) is 0 Å². The van der Waals surface area contributed by atoms with Crippen LogP contribution in [0.25, 0.3) is 0 Å². The number of hydrogen-bond acceptors (Lipinski definition) is 6. The number of anilines is 1. The molecule has 1 amide bonds. The number of nitrogens with one attached hydrogen (secondary N) is 1. The molecule has 0 bridgehead atoms. The Labute approximate surface area is 143 Å². The number of nitriles is 1. The van der Waals surface area contributed by atoms with Crippen molar-refractivity contribution >= 4 is 29.3 Å². The van der Waals surface area contributed by atoms with Crippen molar-refractivity contribution in [3.05, 3.63) is 53.7 Å². The van der Waals surface area contributed by atoms with Crippen LogP contribution in [0.5, 0.6) is 0 Å². The van der Waals surface area contributed by atoms with Crippen molar-refractivity contribution in [3.63, 3.8) is 0 Å². The van der Waals surface area contributed by atoms with Crippen molar-refractivity contribution in [1.82, 2.24) is 4.98 Å². The lowest BCUT2D eigenvalue weighted by Gasteiger charge is -2.14. The fourth-order valence-electron chi connectivity index (χ4n) is 1.90. The molecule has 2 rings (SSSR count). The molecule has 0 spiro atoms. The van der Waals surface area contributed by atoms with Crippen molar-refractivity contribution in [2.75, 3.05) is 11.6 Å². The van der Waals surface area contributed by atoms with E-state index in [0.717, 1.165) is 0 Å². The lowest BCUT2D eigenvalue weighted by Crippen LogP contribution is -2.30. The summed E-state index contributed by atoms with van der Waals surface area (Å²) in [5.41, 5.74) is 1.21. The number of carbonyl (C=O) groups is 2. The number of aromatic nitrogens is 1. The van der Waals surface area contributed by atoms with E-state index < -0.39 is 18.0 Å². The van der Waals surface area contributed by atoms with Gasteiger partial charge in [-0.25, -0.2) is 9.78 Å². The molecule has 0 aliphatic carbocycles. The van der Waals surface area contributed by atoms with Gasteiger partial charge in [0.25, 0.3) is 5.91 Å². The molecule has 0 aliphatic rings. The summed E-state index contributed by atoms with van der Waals surface area (Å²) in [6.07, 6.45) is 2.40. The van der Waals surface area contributed by atoms with Gasteiger partial charge in [-0.2, -0.15) is 5.26 Å². The molecule has 2 aromatic rings. The van der Waals surface area contributed by atoms with Crippen molar-refractivity contribution in [1.29, 1.82) is 5.26 Å². The molecule has 1 heterocycles. The molecule has 0 saturated carbocycles. The van der Waals surface area contributed by atoms with Crippen molar-refractivity contribution in [2.45, 2.75) is 18.1 Å². The molecule has 1 N–H and O–H groups in total. The Morgan fingerprint density at radius 2 is 2.12 bits per heavy atom. The third kappa shape index (κ3) is 4.33. The minimum absolute atomic E-state index is 0.316. The minimum Gasteiger partial charge on any atom is -0.449 e. The molecule has 0 aliphatic heterocycles. The number of amides is 1. The molecule has 1 aromatic carbocycles. The first-order chi connectivity index (χ1) is 11.5. The summed E-state index contributed by atoms with van der Waals surface area (Å²) in [6, 6.07) is 11.7. The standard InChI is InChI=1S/C17H15N3O3S/c1-11(15(21)20-13-6-3-5-12(9-13)10-18)23-17(22)14-7-4-8-19-16(14)24-2/h3-9,11H,1-2H3,(H,20,21)/t11-/m0/s1. The number of ether oxygens (including phenoxy) is 1. The Hall–Kier alpha value is -2.85. The van der Waals surface area contributed by atoms with Crippen LogP contribution in [-0.4, -0.2) is 29.2 Å². The molecular formula is C17H15N3O3S. The van der Waals surface area contributed by atoms with Crippen LogP contribution in [0.1, 0.15) is 22.8 Å². The number of carbonyl (C=O) groups excluding carboxylic acids is 2. The fourth-order valence-corrected chi connectivity index (χ4v) is 2.43. The smallest absolute Gasteiger partial charge is 0.341 e. The molecule has 1 aromatic heterocycles. The average molecular weight is 341 g/mol. The van der Waals surface area contributed by atoms with Gasteiger partial charge in [-0.15, -0.1) is 11.8 Å². The van der Waals surface area contributed by atoms with Crippen LogP contribution in [-0.2, 0) is 9.53 Å². The number of thioether (sulfide) groups is 1. The van der Waals surface area contributed by atoms with E-state index in [2.05, 4.69) is 10.3 Å². The maximum atomic E-state index is 12.2. The van der Waals surface area contributed by atoms with Gasteiger partial charge in [0.15, 0.2) is 6.10 Å². The van der Waals surface area contributed by atoms with E-state index in [-0.39, 0.29) is 0 Å². The number of hydrogen-bond donors (Lipinski definition) is 1. The molecule has 0 saturated heterocycles. The lowest BCUT2D eigenvalue weighted by atomic mass is 10.2. The molecule has 0 radical (unpaired) electrons. The Balaban J connectivity index is 2.03. The second-order valence-electron chi connectivity index (χ2n) is 4.79. The van der Waals surface area contributed by atoms with Crippen LogP contribution in [0.4, 0.5) is 5.69 Å². The molecule has 24 heavy (non-hydrogen) atoms. The lowest BCUT2D eigenvalue weighted by molar-refractivity contribution is -0.123. The van der Waals surface area contributed by atoms with Gasteiger partial charge in [0.05, 0.1) is 17.2 Å². The first-order valence-corrected chi connectivity index (χ1v) is 8.28. The zero-order valence-electron chi connectivity index (χ0n) is 13.1. The predicted molar refractivity (Wildman–Crippen MR) is 90.7 cm³/mol. The monoisotopic (exact) mass is 341 g/mol. The number of esters is 1. The van der Waals surface area contributed by atoms with Crippen molar-refractivity contribution < 1.29 is 14.3 Å². The topological polar surface area (TPSA) is 92.1 Å². The van der Waals surface area contributed by atoms with E-state index in [1.165, 1.54) is 18.7 Å². The zero-order chi connectivity index (χ0) is 17.5. The highest BCUT2D eigenvalue weighted by atomic mass is 32.2. The first-order valence-electron chi connectivity index (χ1n) is 7.06. The van der Waals surface area contributed by atoms with E-state index in [4.69, 9.17) is 10.00 Å². The highest BCUT2D eigenvalue weighted by Crippen LogP contribution is 2.18.